The van der Waals surface area contributed by atoms with E-state index in [9.17, 15) is 4.79 Å². The van der Waals surface area contributed by atoms with E-state index in [2.05, 4.69) is 4.98 Å². The quantitative estimate of drug-likeness (QED) is 0.785. The van der Waals surface area contributed by atoms with E-state index < -0.39 is 5.91 Å². The summed E-state index contributed by atoms with van der Waals surface area (Å²) >= 11 is 1.43. The number of primary amides is 1. The van der Waals surface area contributed by atoms with Gasteiger partial charge in [0.05, 0.1) is 11.1 Å². The number of nitrogens with two attached hydrogens (primary N) is 1. The predicted molar refractivity (Wildman–Crippen MR) is 62.0 cm³/mol. The van der Waals surface area contributed by atoms with Crippen molar-refractivity contribution >= 4 is 28.6 Å². The molecule has 0 aliphatic carbocycles. The molecule has 1 amide bonds. The third kappa shape index (κ3) is 1.80. The first kappa shape index (κ1) is 9.98. The molecule has 0 unspecified atom stereocenters. The summed E-state index contributed by atoms with van der Waals surface area (Å²) in [5, 5.41) is 1.62. The number of carbonyl (C=O) groups excluding carboxylic acids is 1. The molecule has 2 N–H and O–H groups in total. The van der Waals surface area contributed by atoms with Gasteiger partial charge < -0.3 is 5.73 Å². The van der Waals surface area contributed by atoms with Gasteiger partial charge in [0.15, 0.2) is 0 Å². The Balaban J connectivity index is 2.74. The highest BCUT2D eigenvalue weighted by Gasteiger charge is 2.10. The van der Waals surface area contributed by atoms with Crippen LogP contribution in [0.1, 0.15) is 10.4 Å². The first-order valence-corrected chi connectivity index (χ1v) is 5.68. The second-order valence-electron chi connectivity index (χ2n) is 3.10. The molecule has 0 saturated heterocycles. The lowest BCUT2D eigenvalue weighted by atomic mass is 10.1. The lowest BCUT2D eigenvalue weighted by Gasteiger charge is -2.05. The van der Waals surface area contributed by atoms with Crippen molar-refractivity contribution in [2.45, 2.75) is 5.03 Å². The van der Waals surface area contributed by atoms with E-state index in [1.54, 1.807) is 6.07 Å². The molecule has 4 heteroatoms. The van der Waals surface area contributed by atoms with Crippen LogP contribution in [-0.2, 0) is 0 Å². The van der Waals surface area contributed by atoms with Gasteiger partial charge in [-0.3, -0.25) is 4.79 Å². The van der Waals surface area contributed by atoms with Gasteiger partial charge in [0, 0.05) is 5.39 Å². The number of pyridine rings is 1. The molecule has 0 aliphatic heterocycles. The summed E-state index contributed by atoms with van der Waals surface area (Å²) in [5.41, 5.74) is 6.66. The predicted octanol–water partition coefficient (Wildman–Crippen LogP) is 2.06. The van der Waals surface area contributed by atoms with E-state index in [0.29, 0.717) is 10.6 Å². The molecule has 2 aromatic rings. The van der Waals surface area contributed by atoms with Crippen LogP contribution in [0, 0.1) is 0 Å². The Morgan fingerprint density at radius 2 is 2.13 bits per heavy atom. The van der Waals surface area contributed by atoms with Crippen LogP contribution in [0.4, 0.5) is 0 Å². The van der Waals surface area contributed by atoms with E-state index in [4.69, 9.17) is 5.73 Å². The largest absolute Gasteiger partial charge is 0.366 e. The Kier molecular flexibility index (Phi) is 2.60. The maximum absolute atomic E-state index is 11.2. The van der Waals surface area contributed by atoms with Gasteiger partial charge in [0.25, 0.3) is 5.91 Å². The van der Waals surface area contributed by atoms with E-state index >= 15 is 0 Å². The fraction of sp³-hybridized carbons (Fsp3) is 0.0909. The fourth-order valence-corrected chi connectivity index (χ4v) is 2.00. The molecule has 1 aromatic heterocycles. The summed E-state index contributed by atoms with van der Waals surface area (Å²) in [4.78, 5) is 15.6. The van der Waals surface area contributed by atoms with Crippen molar-refractivity contribution in [3.8, 4) is 0 Å². The highest BCUT2D eigenvalue weighted by Crippen LogP contribution is 2.22. The average Bonchev–Trinajstić information content (AvgIpc) is 2.27. The molecule has 0 fully saturated rings. The molecule has 0 saturated carbocycles. The number of para-hydroxylation sites is 1. The van der Waals surface area contributed by atoms with Crippen molar-refractivity contribution < 1.29 is 4.79 Å². The molecule has 2 rings (SSSR count). The first-order valence-electron chi connectivity index (χ1n) is 4.46. The maximum Gasteiger partial charge on any atom is 0.251 e. The third-order valence-corrected chi connectivity index (χ3v) is 2.85. The lowest BCUT2D eigenvalue weighted by molar-refractivity contribution is 0.0997. The molecule has 1 heterocycles. The van der Waals surface area contributed by atoms with Crippen molar-refractivity contribution in [2.75, 3.05) is 6.26 Å². The van der Waals surface area contributed by atoms with Crippen LogP contribution in [0.25, 0.3) is 10.9 Å². The normalized spacial score (nSPS) is 10.5. The SMILES string of the molecule is CSc1nc2ccccc2cc1C(N)=O. The number of aromatic nitrogens is 1. The van der Waals surface area contributed by atoms with Gasteiger partial charge in [0.2, 0.25) is 0 Å². The van der Waals surface area contributed by atoms with Crippen LogP contribution in [0.2, 0.25) is 0 Å². The van der Waals surface area contributed by atoms with Gasteiger partial charge in [-0.2, -0.15) is 0 Å². The molecule has 0 bridgehead atoms. The molecule has 15 heavy (non-hydrogen) atoms. The number of fused-ring (bicyclic) bond motifs is 1. The average molecular weight is 218 g/mol. The smallest absolute Gasteiger partial charge is 0.251 e. The number of carbonyl (C=O) groups is 1. The van der Waals surface area contributed by atoms with Gasteiger partial charge in [-0.25, -0.2) is 4.98 Å². The minimum absolute atomic E-state index is 0.433. The summed E-state index contributed by atoms with van der Waals surface area (Å²) in [6, 6.07) is 9.45. The first-order chi connectivity index (χ1) is 7.22. The van der Waals surface area contributed by atoms with Gasteiger partial charge in [-0.1, -0.05) is 18.2 Å². The highest BCUT2D eigenvalue weighted by atomic mass is 32.2. The van der Waals surface area contributed by atoms with Crippen molar-refractivity contribution in [3.63, 3.8) is 0 Å². The minimum Gasteiger partial charge on any atom is -0.366 e. The summed E-state index contributed by atoms with van der Waals surface area (Å²) in [6.07, 6.45) is 1.88. The summed E-state index contributed by atoms with van der Waals surface area (Å²) < 4.78 is 0. The monoisotopic (exact) mass is 218 g/mol. The van der Waals surface area contributed by atoms with E-state index in [0.717, 1.165) is 10.9 Å². The second-order valence-corrected chi connectivity index (χ2v) is 3.90. The maximum atomic E-state index is 11.2. The molecule has 0 spiro atoms. The Morgan fingerprint density at radius 3 is 2.80 bits per heavy atom. The Labute approximate surface area is 91.7 Å². The van der Waals surface area contributed by atoms with Crippen LogP contribution in [0.3, 0.4) is 0 Å². The number of hydrogen-bond acceptors (Lipinski definition) is 3. The Bertz CT molecular complexity index is 525. The van der Waals surface area contributed by atoms with Crippen molar-refractivity contribution in [2.24, 2.45) is 5.73 Å². The summed E-state index contributed by atoms with van der Waals surface area (Å²) in [6.45, 7) is 0. The van der Waals surface area contributed by atoms with Crippen molar-refractivity contribution in [3.05, 3.63) is 35.9 Å². The van der Waals surface area contributed by atoms with Crippen molar-refractivity contribution in [1.82, 2.24) is 4.98 Å². The number of hydrogen-bond donors (Lipinski definition) is 1. The van der Waals surface area contributed by atoms with Crippen LogP contribution in [0.15, 0.2) is 35.4 Å². The number of thioether (sulfide) groups is 1. The summed E-state index contributed by atoms with van der Waals surface area (Å²) in [7, 11) is 0. The van der Waals surface area contributed by atoms with Gasteiger partial charge in [-0.15, -0.1) is 11.8 Å². The molecule has 76 valence electrons. The molecular formula is C11H10N2OS. The second kappa shape index (κ2) is 3.90. The van der Waals surface area contributed by atoms with E-state index in [-0.39, 0.29) is 0 Å². The van der Waals surface area contributed by atoms with Gasteiger partial charge in [-0.05, 0) is 18.4 Å². The number of nitrogens with zero attached hydrogens (tertiary/aromatic N) is 1. The van der Waals surface area contributed by atoms with E-state index in [1.807, 2.05) is 30.5 Å². The zero-order chi connectivity index (χ0) is 10.8. The molecule has 0 atom stereocenters. The highest BCUT2D eigenvalue weighted by molar-refractivity contribution is 7.98. The zero-order valence-electron chi connectivity index (χ0n) is 8.23. The zero-order valence-corrected chi connectivity index (χ0v) is 9.04. The molecule has 0 aliphatic rings. The standard InChI is InChI=1S/C11H10N2OS/c1-15-11-8(10(12)14)6-7-4-2-3-5-9(7)13-11/h2-6H,1H3,(H2,12,14). The number of amides is 1. The molecule has 3 nitrogen and oxygen atoms in total. The molecule has 1 aromatic carbocycles. The van der Waals surface area contributed by atoms with Crippen LogP contribution < -0.4 is 5.73 Å². The molecular weight excluding hydrogens is 208 g/mol. The van der Waals surface area contributed by atoms with Gasteiger partial charge in [0.1, 0.15) is 5.03 Å². The Morgan fingerprint density at radius 1 is 1.40 bits per heavy atom. The molecule has 0 radical (unpaired) electrons. The van der Waals surface area contributed by atoms with Crippen molar-refractivity contribution in [1.29, 1.82) is 0 Å². The third-order valence-electron chi connectivity index (χ3n) is 2.15. The number of benzene rings is 1. The van der Waals surface area contributed by atoms with Gasteiger partial charge >= 0.3 is 0 Å². The summed E-state index contributed by atoms with van der Waals surface area (Å²) in [5.74, 6) is -0.433. The van der Waals surface area contributed by atoms with Crippen LogP contribution in [-0.4, -0.2) is 17.1 Å². The van der Waals surface area contributed by atoms with Crippen LogP contribution >= 0.6 is 11.8 Å². The Hall–Kier alpha value is -1.55. The number of rotatable bonds is 2. The van der Waals surface area contributed by atoms with E-state index in [1.165, 1.54) is 11.8 Å². The van der Waals surface area contributed by atoms with Crippen LogP contribution in [0.5, 0.6) is 0 Å². The fourth-order valence-electron chi connectivity index (χ4n) is 1.43. The topological polar surface area (TPSA) is 56.0 Å². The lowest BCUT2D eigenvalue weighted by Crippen LogP contribution is -2.13. The minimum atomic E-state index is -0.433.